The van der Waals surface area contributed by atoms with Crippen LogP contribution in [-0.4, -0.2) is 39.1 Å². The van der Waals surface area contributed by atoms with Gasteiger partial charge in [-0.3, -0.25) is 14.5 Å². The molecule has 0 atom stereocenters. The molecule has 168 valence electrons. The fourth-order valence-electron chi connectivity index (χ4n) is 3.83. The second-order valence-corrected chi connectivity index (χ2v) is 7.67. The number of nitrogens with one attached hydrogen (secondary N) is 1. The third-order valence-electron chi connectivity index (χ3n) is 5.56. The molecular formula is C21H20F3N5O3. The van der Waals surface area contributed by atoms with E-state index in [4.69, 9.17) is 4.74 Å². The van der Waals surface area contributed by atoms with Gasteiger partial charge < -0.3 is 14.8 Å². The number of anilines is 1. The van der Waals surface area contributed by atoms with E-state index in [1.807, 2.05) is 10.9 Å². The average Bonchev–Trinajstić information content (AvgIpc) is 3.21. The first kappa shape index (κ1) is 21.7. The van der Waals surface area contributed by atoms with E-state index in [1.54, 1.807) is 12.1 Å². The molecule has 0 spiro atoms. The maximum atomic E-state index is 12.9. The summed E-state index contributed by atoms with van der Waals surface area (Å²) in [6, 6.07) is 3.47. The molecule has 0 aliphatic heterocycles. The molecule has 4 rings (SSSR count). The van der Waals surface area contributed by atoms with Crippen molar-refractivity contribution in [3.05, 3.63) is 42.1 Å². The summed E-state index contributed by atoms with van der Waals surface area (Å²) in [4.78, 5) is 30.3. The monoisotopic (exact) mass is 447 g/mol. The summed E-state index contributed by atoms with van der Waals surface area (Å²) in [5, 5.41) is 7.87. The van der Waals surface area contributed by atoms with Gasteiger partial charge in [0.05, 0.1) is 36.7 Å². The van der Waals surface area contributed by atoms with Crippen LogP contribution in [0.2, 0.25) is 0 Å². The Balaban J connectivity index is 1.59. The van der Waals surface area contributed by atoms with Gasteiger partial charge in [-0.15, -0.1) is 0 Å². The Morgan fingerprint density at radius 1 is 1.22 bits per heavy atom. The highest BCUT2D eigenvalue weighted by Crippen LogP contribution is 2.34. The Morgan fingerprint density at radius 2 is 1.97 bits per heavy atom. The third-order valence-corrected chi connectivity index (χ3v) is 5.56. The zero-order valence-corrected chi connectivity index (χ0v) is 17.1. The minimum atomic E-state index is -4.71. The molecule has 0 bridgehead atoms. The minimum Gasteiger partial charge on any atom is -0.494 e. The molecule has 3 aromatic rings. The van der Waals surface area contributed by atoms with Crippen molar-refractivity contribution >= 4 is 28.8 Å². The summed E-state index contributed by atoms with van der Waals surface area (Å²) >= 11 is 0. The van der Waals surface area contributed by atoms with Crippen LogP contribution < -0.4 is 10.1 Å². The van der Waals surface area contributed by atoms with Gasteiger partial charge in [0, 0.05) is 23.6 Å². The molecule has 32 heavy (non-hydrogen) atoms. The van der Waals surface area contributed by atoms with Crippen LogP contribution in [0.5, 0.6) is 5.75 Å². The lowest BCUT2D eigenvalue weighted by molar-refractivity contribution is -0.141. The van der Waals surface area contributed by atoms with Crippen molar-refractivity contribution < 1.29 is 27.5 Å². The van der Waals surface area contributed by atoms with Crippen LogP contribution in [0, 0.1) is 5.92 Å². The number of hydrogen-bond donors (Lipinski definition) is 1. The number of amides is 1. The molecule has 11 heteroatoms. The summed E-state index contributed by atoms with van der Waals surface area (Å²) in [5.41, 5.74) is -0.799. The molecule has 1 aromatic carbocycles. The lowest BCUT2D eigenvalue weighted by Crippen LogP contribution is -2.19. The van der Waals surface area contributed by atoms with Crippen LogP contribution in [0.4, 0.5) is 18.9 Å². The number of halogens is 3. The number of rotatable bonds is 5. The smallest absolute Gasteiger partial charge is 0.434 e. The summed E-state index contributed by atoms with van der Waals surface area (Å²) in [7, 11) is 1.42. The average molecular weight is 447 g/mol. The maximum absolute atomic E-state index is 12.9. The fourth-order valence-corrected chi connectivity index (χ4v) is 3.83. The lowest BCUT2D eigenvalue weighted by atomic mass is 9.87. The Hall–Kier alpha value is -3.50. The number of nitrogens with zero attached hydrogens (tertiary/aromatic N) is 4. The predicted molar refractivity (Wildman–Crippen MR) is 108 cm³/mol. The quantitative estimate of drug-likeness (QED) is 0.593. The van der Waals surface area contributed by atoms with Gasteiger partial charge in [-0.1, -0.05) is 0 Å². The molecule has 2 aromatic heterocycles. The van der Waals surface area contributed by atoms with Crippen LogP contribution in [0.1, 0.15) is 47.9 Å². The first-order chi connectivity index (χ1) is 15.3. The van der Waals surface area contributed by atoms with Crippen molar-refractivity contribution in [2.45, 2.75) is 37.9 Å². The van der Waals surface area contributed by atoms with Crippen molar-refractivity contribution in [2.24, 2.45) is 5.92 Å². The molecule has 1 aliphatic rings. The molecule has 2 heterocycles. The van der Waals surface area contributed by atoms with Gasteiger partial charge in [0.25, 0.3) is 5.91 Å². The largest absolute Gasteiger partial charge is 0.494 e. The lowest BCUT2D eigenvalue weighted by Gasteiger charge is -2.25. The summed E-state index contributed by atoms with van der Waals surface area (Å²) in [6.07, 6.45) is 2.96. The van der Waals surface area contributed by atoms with Gasteiger partial charge in [-0.05, 0) is 31.7 Å². The summed E-state index contributed by atoms with van der Waals surface area (Å²) < 4.78 is 45.8. The van der Waals surface area contributed by atoms with E-state index in [2.05, 4.69) is 20.4 Å². The van der Waals surface area contributed by atoms with Crippen molar-refractivity contribution in [2.75, 3.05) is 12.4 Å². The third kappa shape index (κ3) is 4.41. The summed E-state index contributed by atoms with van der Waals surface area (Å²) in [5.74, 6) is -0.446. The van der Waals surface area contributed by atoms with E-state index in [0.29, 0.717) is 17.5 Å². The van der Waals surface area contributed by atoms with Crippen molar-refractivity contribution in [3.63, 3.8) is 0 Å². The molecule has 0 unspecified atom stereocenters. The van der Waals surface area contributed by atoms with Crippen LogP contribution in [0.25, 0.3) is 10.9 Å². The zero-order valence-electron chi connectivity index (χ0n) is 17.1. The van der Waals surface area contributed by atoms with E-state index >= 15 is 0 Å². The number of methoxy groups -OCH3 is 1. The molecule has 0 saturated heterocycles. The highest BCUT2D eigenvalue weighted by molar-refractivity contribution is 6.04. The Kier molecular flexibility index (Phi) is 5.81. The number of benzene rings is 1. The fraction of sp³-hybridized carbons (Fsp3) is 0.381. The van der Waals surface area contributed by atoms with Gasteiger partial charge in [0.1, 0.15) is 17.7 Å². The molecule has 0 radical (unpaired) electrons. The molecule has 1 amide bonds. The van der Waals surface area contributed by atoms with Crippen molar-refractivity contribution in [3.8, 4) is 5.75 Å². The first-order valence-corrected chi connectivity index (χ1v) is 10.0. The topological polar surface area (TPSA) is 99.0 Å². The van der Waals surface area contributed by atoms with Gasteiger partial charge in [0.2, 0.25) is 0 Å². The van der Waals surface area contributed by atoms with Gasteiger partial charge in [-0.25, -0.2) is 4.98 Å². The number of carbonyl (C=O) groups is 2. The van der Waals surface area contributed by atoms with Gasteiger partial charge >= 0.3 is 6.18 Å². The van der Waals surface area contributed by atoms with E-state index in [-0.39, 0.29) is 17.6 Å². The van der Waals surface area contributed by atoms with Crippen LogP contribution in [-0.2, 0) is 11.0 Å². The highest BCUT2D eigenvalue weighted by atomic mass is 19.4. The molecule has 1 N–H and O–H groups in total. The van der Waals surface area contributed by atoms with Crippen LogP contribution >= 0.6 is 0 Å². The highest BCUT2D eigenvalue weighted by Gasteiger charge is 2.33. The second-order valence-electron chi connectivity index (χ2n) is 7.67. The van der Waals surface area contributed by atoms with Crippen molar-refractivity contribution in [1.82, 2.24) is 19.7 Å². The molecule has 8 nitrogen and oxygen atoms in total. The maximum Gasteiger partial charge on any atom is 0.434 e. The number of alkyl halides is 3. The number of carbonyl (C=O) groups excluding carboxylic acids is 2. The van der Waals surface area contributed by atoms with E-state index in [1.165, 1.54) is 7.11 Å². The Bertz CT molecular complexity index is 1150. The van der Waals surface area contributed by atoms with E-state index < -0.39 is 23.5 Å². The van der Waals surface area contributed by atoms with E-state index in [9.17, 15) is 22.8 Å². The molecular weight excluding hydrogens is 427 g/mol. The number of aldehydes is 1. The molecule has 1 fully saturated rings. The number of hydrogen-bond acceptors (Lipinski definition) is 6. The van der Waals surface area contributed by atoms with Gasteiger partial charge in [0.15, 0.2) is 5.69 Å². The normalized spacial score (nSPS) is 19.0. The van der Waals surface area contributed by atoms with Gasteiger partial charge in [-0.2, -0.15) is 18.3 Å². The first-order valence-electron chi connectivity index (χ1n) is 10.0. The predicted octanol–water partition coefficient (Wildman–Crippen LogP) is 4.04. The minimum absolute atomic E-state index is 0.0945. The summed E-state index contributed by atoms with van der Waals surface area (Å²) in [6.45, 7) is 0. The Labute approximate surface area is 180 Å². The molecule has 1 aliphatic carbocycles. The number of fused-ring (bicyclic) bond motifs is 1. The number of aromatic nitrogens is 4. The van der Waals surface area contributed by atoms with Crippen LogP contribution in [0.3, 0.4) is 0 Å². The van der Waals surface area contributed by atoms with E-state index in [0.717, 1.165) is 43.6 Å². The molecule has 1 saturated carbocycles. The van der Waals surface area contributed by atoms with Crippen molar-refractivity contribution in [1.29, 1.82) is 0 Å². The Morgan fingerprint density at radius 3 is 2.62 bits per heavy atom. The van der Waals surface area contributed by atoms with Crippen LogP contribution in [0.15, 0.2) is 30.7 Å². The second kappa shape index (κ2) is 8.56. The zero-order chi connectivity index (χ0) is 22.9. The standard InChI is InChI=1S/C21H20F3N5O3/c1-32-18-7-15-13(10-29(28-15)14-4-2-12(11-30)3-5-14)6-16(18)27-20(31)17-8-25-9-19(26-17)21(22,23)24/h6-12,14H,2-5H2,1H3,(H,27,31)/t12-,14-. The SMILES string of the molecule is COc1cc2nn([C@H]3CC[C@H](C=O)CC3)cc2cc1NC(=O)c1cncc(C(F)(F)F)n1. The number of ether oxygens (including phenoxy) is 1.